The van der Waals surface area contributed by atoms with Crippen LogP contribution in [-0.2, 0) is 5.00 Å². The van der Waals surface area contributed by atoms with Gasteiger partial charge in [0.15, 0.2) is 5.00 Å². The first-order valence-electron chi connectivity index (χ1n) is 11.9. The van der Waals surface area contributed by atoms with Crippen molar-refractivity contribution in [2.24, 2.45) is 10.2 Å². The minimum absolute atomic E-state index is 0.103. The minimum atomic E-state index is -0.943. The second-order valence-electron chi connectivity index (χ2n) is 9.33. The summed E-state index contributed by atoms with van der Waals surface area (Å²) in [6.45, 7) is 3.96. The number of benzene rings is 6. The summed E-state index contributed by atoms with van der Waals surface area (Å²) in [5.74, 6) is 0. The molecule has 170 valence electrons. The molecule has 2 unspecified atom stereocenters. The largest absolute Gasteiger partial charge is 0.184 e. The van der Waals surface area contributed by atoms with Crippen LogP contribution in [0, 0.1) is 0 Å². The second kappa shape index (κ2) is 8.48. The van der Waals surface area contributed by atoms with Crippen LogP contribution in [0.2, 0.25) is 0 Å². The molecular formula is C32H25ClN2. The van der Waals surface area contributed by atoms with Crippen LogP contribution in [0.3, 0.4) is 0 Å². The van der Waals surface area contributed by atoms with E-state index in [1.54, 1.807) is 0 Å². The summed E-state index contributed by atoms with van der Waals surface area (Å²) < 4.78 is 0. The summed E-state index contributed by atoms with van der Waals surface area (Å²) in [7, 11) is 0. The molecule has 0 amide bonds. The van der Waals surface area contributed by atoms with Gasteiger partial charge in [0.25, 0.3) is 0 Å². The molecule has 2 nitrogen and oxygen atoms in total. The van der Waals surface area contributed by atoms with Gasteiger partial charge < -0.3 is 0 Å². The maximum absolute atomic E-state index is 6.91. The maximum Gasteiger partial charge on any atom is 0.176 e. The van der Waals surface area contributed by atoms with E-state index < -0.39 is 5.00 Å². The number of alkyl halides is 1. The lowest BCUT2D eigenvalue weighted by molar-refractivity contribution is 0.613. The van der Waals surface area contributed by atoms with Gasteiger partial charge in [-0.2, -0.15) is 10.2 Å². The number of rotatable bonds is 4. The van der Waals surface area contributed by atoms with Crippen LogP contribution in [0.5, 0.6) is 0 Å². The summed E-state index contributed by atoms with van der Waals surface area (Å²) in [5, 5.41) is 19.0. The molecule has 0 saturated heterocycles. The van der Waals surface area contributed by atoms with Gasteiger partial charge in [-0.15, -0.1) is 0 Å². The highest BCUT2D eigenvalue weighted by Gasteiger charge is 2.24. The number of hydrogen-bond donors (Lipinski definition) is 0. The molecule has 6 rings (SSSR count). The van der Waals surface area contributed by atoms with E-state index >= 15 is 0 Å². The third-order valence-corrected chi connectivity index (χ3v) is 7.24. The Morgan fingerprint density at radius 1 is 0.600 bits per heavy atom. The zero-order valence-corrected chi connectivity index (χ0v) is 20.5. The van der Waals surface area contributed by atoms with Gasteiger partial charge in [-0.3, -0.25) is 0 Å². The number of fused-ring (bicyclic) bond motifs is 6. The fraction of sp³-hybridized carbons (Fsp3) is 0.125. The van der Waals surface area contributed by atoms with Crippen LogP contribution in [0.15, 0.2) is 119 Å². The van der Waals surface area contributed by atoms with Gasteiger partial charge in [0, 0.05) is 0 Å². The van der Waals surface area contributed by atoms with E-state index in [0.29, 0.717) is 0 Å². The normalized spacial score (nSPS) is 14.7. The Morgan fingerprint density at radius 3 is 1.77 bits per heavy atom. The molecule has 0 heterocycles. The average molecular weight is 473 g/mol. The third kappa shape index (κ3) is 3.94. The van der Waals surface area contributed by atoms with Crippen molar-refractivity contribution in [2.75, 3.05) is 0 Å². The molecule has 0 spiro atoms. The van der Waals surface area contributed by atoms with E-state index in [4.69, 9.17) is 11.6 Å². The lowest BCUT2D eigenvalue weighted by Gasteiger charge is -2.18. The van der Waals surface area contributed by atoms with Crippen LogP contribution < -0.4 is 0 Å². The monoisotopic (exact) mass is 472 g/mol. The van der Waals surface area contributed by atoms with Crippen LogP contribution in [0.25, 0.3) is 43.1 Å². The quantitative estimate of drug-likeness (QED) is 0.105. The van der Waals surface area contributed by atoms with E-state index in [9.17, 15) is 0 Å². The van der Waals surface area contributed by atoms with Gasteiger partial charge in [-0.1, -0.05) is 109 Å². The Kier molecular flexibility index (Phi) is 5.27. The molecule has 0 aliphatic carbocycles. The van der Waals surface area contributed by atoms with Crippen molar-refractivity contribution < 1.29 is 0 Å². The van der Waals surface area contributed by atoms with Gasteiger partial charge in [0.05, 0.1) is 6.04 Å². The third-order valence-electron chi connectivity index (χ3n) is 6.94. The van der Waals surface area contributed by atoms with Crippen LogP contribution in [-0.4, -0.2) is 0 Å². The lowest BCUT2D eigenvalue weighted by atomic mass is 9.98. The van der Waals surface area contributed by atoms with Crippen molar-refractivity contribution in [1.82, 2.24) is 0 Å². The van der Waals surface area contributed by atoms with E-state index in [-0.39, 0.29) is 6.04 Å². The SMILES string of the molecule is CC(N=NC(C)(Cl)c1ccc2c(ccc3ccccc32)c1)c1ccc2c(ccc3ccccc32)c1. The van der Waals surface area contributed by atoms with Crippen LogP contribution in [0.1, 0.15) is 31.0 Å². The number of nitrogens with zero attached hydrogens (tertiary/aromatic N) is 2. The fourth-order valence-corrected chi connectivity index (χ4v) is 5.07. The van der Waals surface area contributed by atoms with Crippen molar-refractivity contribution in [2.45, 2.75) is 24.9 Å². The first kappa shape index (κ1) is 21.8. The van der Waals surface area contributed by atoms with E-state index in [1.165, 1.54) is 37.7 Å². The van der Waals surface area contributed by atoms with Gasteiger partial charge in [0.1, 0.15) is 0 Å². The predicted octanol–water partition coefficient (Wildman–Crippen LogP) is 9.92. The van der Waals surface area contributed by atoms with E-state index in [0.717, 1.165) is 16.5 Å². The summed E-state index contributed by atoms with van der Waals surface area (Å²) in [6.07, 6.45) is 0. The predicted molar refractivity (Wildman–Crippen MR) is 149 cm³/mol. The standard InChI is InChI=1S/C32H25ClN2/c1-21(24-15-17-30-25(19-24)13-11-22-7-3-5-9-28(22)30)34-35-32(2,33)27-16-18-31-26(20-27)14-12-23-8-4-6-10-29(23)31/h3-21H,1-2H3. The molecule has 0 saturated carbocycles. The average Bonchev–Trinajstić information content (AvgIpc) is 2.91. The maximum atomic E-state index is 6.91. The lowest BCUT2D eigenvalue weighted by Crippen LogP contribution is -2.09. The Balaban J connectivity index is 1.30. The molecule has 2 atom stereocenters. The molecule has 0 bridgehead atoms. The first-order valence-corrected chi connectivity index (χ1v) is 12.3. The zero-order valence-electron chi connectivity index (χ0n) is 19.7. The summed E-state index contributed by atoms with van der Waals surface area (Å²) in [6, 6.07) is 38.3. The summed E-state index contributed by atoms with van der Waals surface area (Å²) in [4.78, 5) is -0.943. The highest BCUT2D eigenvalue weighted by molar-refractivity contribution is 6.23. The molecule has 3 heteroatoms. The second-order valence-corrected chi connectivity index (χ2v) is 10.1. The smallest absolute Gasteiger partial charge is 0.176 e. The van der Waals surface area contributed by atoms with Crippen molar-refractivity contribution >= 4 is 54.7 Å². The fourth-order valence-electron chi connectivity index (χ4n) is 4.91. The molecular weight excluding hydrogens is 448 g/mol. The van der Waals surface area contributed by atoms with Crippen molar-refractivity contribution in [3.63, 3.8) is 0 Å². The topological polar surface area (TPSA) is 24.7 Å². The molecule has 0 aromatic heterocycles. The van der Waals surface area contributed by atoms with Gasteiger partial charge >= 0.3 is 0 Å². The molecule has 6 aromatic carbocycles. The molecule has 0 aliphatic heterocycles. The molecule has 35 heavy (non-hydrogen) atoms. The summed E-state index contributed by atoms with van der Waals surface area (Å²) in [5.41, 5.74) is 2.05. The number of halogens is 1. The number of hydrogen-bond acceptors (Lipinski definition) is 2. The molecule has 6 aromatic rings. The Morgan fingerprint density at radius 2 is 1.11 bits per heavy atom. The van der Waals surface area contributed by atoms with Crippen LogP contribution >= 0.6 is 11.6 Å². The van der Waals surface area contributed by atoms with Crippen molar-refractivity contribution in [3.05, 3.63) is 120 Å². The van der Waals surface area contributed by atoms with Crippen molar-refractivity contribution in [1.29, 1.82) is 0 Å². The Hall–Kier alpha value is -3.75. The van der Waals surface area contributed by atoms with Crippen molar-refractivity contribution in [3.8, 4) is 0 Å². The Bertz CT molecular complexity index is 1750. The number of azo groups is 1. The zero-order chi connectivity index (χ0) is 24.0. The van der Waals surface area contributed by atoms with E-state index in [1.807, 2.05) is 6.92 Å². The van der Waals surface area contributed by atoms with Crippen LogP contribution in [0.4, 0.5) is 0 Å². The van der Waals surface area contributed by atoms with Gasteiger partial charge in [-0.25, -0.2) is 0 Å². The van der Waals surface area contributed by atoms with Gasteiger partial charge in [-0.05, 0) is 80.2 Å². The van der Waals surface area contributed by atoms with E-state index in [2.05, 4.69) is 126 Å². The highest BCUT2D eigenvalue weighted by atomic mass is 35.5. The molecule has 0 aliphatic rings. The first-order chi connectivity index (χ1) is 17.0. The Labute approximate surface area is 209 Å². The highest BCUT2D eigenvalue weighted by Crippen LogP contribution is 2.36. The van der Waals surface area contributed by atoms with Gasteiger partial charge in [0.2, 0.25) is 0 Å². The molecule has 0 radical (unpaired) electrons. The molecule has 0 N–H and O–H groups in total. The summed E-state index contributed by atoms with van der Waals surface area (Å²) >= 11 is 6.91. The molecule has 0 fully saturated rings. The minimum Gasteiger partial charge on any atom is -0.184 e.